The van der Waals surface area contributed by atoms with Gasteiger partial charge in [-0.1, -0.05) is 46.3 Å². The zero-order valence-corrected chi connectivity index (χ0v) is 24.4. The van der Waals surface area contributed by atoms with Crippen molar-refractivity contribution in [2.45, 2.75) is 117 Å². The van der Waals surface area contributed by atoms with Crippen molar-refractivity contribution in [3.8, 4) is 0 Å². The van der Waals surface area contributed by atoms with Crippen LogP contribution < -0.4 is 0 Å². The molecule has 5 rings (SSSR count). The van der Waals surface area contributed by atoms with Crippen molar-refractivity contribution in [1.82, 2.24) is 0 Å². The maximum Gasteiger partial charge on any atom is 0.397 e. The molecule has 38 heavy (non-hydrogen) atoms. The van der Waals surface area contributed by atoms with Gasteiger partial charge in [-0.25, -0.2) is 4.18 Å². The molecule has 0 aromatic rings. The van der Waals surface area contributed by atoms with Crippen LogP contribution in [0.5, 0.6) is 0 Å². The van der Waals surface area contributed by atoms with Gasteiger partial charge in [0, 0.05) is 6.92 Å². The first-order valence-corrected chi connectivity index (χ1v) is 15.9. The zero-order valence-electron chi connectivity index (χ0n) is 23.6. The fourth-order valence-corrected chi connectivity index (χ4v) is 10.1. The van der Waals surface area contributed by atoms with Crippen LogP contribution in [0.15, 0.2) is 11.6 Å². The van der Waals surface area contributed by atoms with Gasteiger partial charge in [-0.15, -0.1) is 0 Å². The van der Waals surface area contributed by atoms with Gasteiger partial charge < -0.3 is 14.6 Å². The molecular formula is C29H46O8S. The third-order valence-corrected chi connectivity index (χ3v) is 11.7. The Balaban J connectivity index is 1.41. The Morgan fingerprint density at radius 3 is 2.47 bits per heavy atom. The highest BCUT2D eigenvalue weighted by atomic mass is 32.3. The summed E-state index contributed by atoms with van der Waals surface area (Å²) in [6, 6.07) is 0. The van der Waals surface area contributed by atoms with Crippen LogP contribution in [0.3, 0.4) is 0 Å². The molecule has 0 amide bonds. The Labute approximate surface area is 227 Å². The van der Waals surface area contributed by atoms with Crippen LogP contribution in [0.4, 0.5) is 0 Å². The van der Waals surface area contributed by atoms with Gasteiger partial charge in [-0.2, -0.15) is 8.42 Å². The van der Waals surface area contributed by atoms with Crippen LogP contribution in [0.25, 0.3) is 0 Å². The van der Waals surface area contributed by atoms with E-state index in [4.69, 9.17) is 13.7 Å². The number of rotatable bonds is 7. The highest BCUT2D eigenvalue weighted by Crippen LogP contribution is 2.67. The number of carbonyl (C=O) groups excluding carboxylic acids is 1. The van der Waals surface area contributed by atoms with Gasteiger partial charge in [0.1, 0.15) is 18.3 Å². The van der Waals surface area contributed by atoms with Gasteiger partial charge in [0.2, 0.25) is 0 Å². The number of fused-ring (bicyclic) bond motifs is 5. The van der Waals surface area contributed by atoms with Crippen molar-refractivity contribution >= 4 is 16.4 Å². The predicted octanol–water partition coefficient (Wildman–Crippen LogP) is 4.72. The van der Waals surface area contributed by atoms with Crippen molar-refractivity contribution in [2.75, 3.05) is 0 Å². The number of allylic oxidation sites excluding steroid dienone is 2. The normalized spacial score (nSPS) is 47.0. The lowest BCUT2D eigenvalue weighted by Gasteiger charge is -2.59. The van der Waals surface area contributed by atoms with Crippen LogP contribution in [-0.4, -0.2) is 54.6 Å². The van der Waals surface area contributed by atoms with Gasteiger partial charge in [0.15, 0.2) is 0 Å². The number of ether oxygens (including phenoxy) is 2. The molecule has 4 aliphatic carbocycles. The highest BCUT2D eigenvalue weighted by molar-refractivity contribution is 7.80. The SMILES string of the molecule is CC(=O)O[C@@H]1C[C@]2(C)C3CC[C@@]4(C)C(CC[C@@H]4[C@H](C)[C@@H]4O[C@H]4CC(C)C)C3=CCC2[C@H](OS(=O)(=O)O)[C@H]1O. The van der Waals surface area contributed by atoms with E-state index in [2.05, 4.69) is 40.7 Å². The molecule has 1 saturated heterocycles. The second kappa shape index (κ2) is 9.82. The molecule has 12 atom stereocenters. The van der Waals surface area contributed by atoms with Gasteiger partial charge in [0.05, 0.1) is 12.2 Å². The second-order valence-electron chi connectivity index (χ2n) is 13.8. The lowest BCUT2D eigenvalue weighted by molar-refractivity contribution is -0.189. The molecule has 216 valence electrons. The number of aliphatic hydroxyl groups is 1. The molecule has 1 aliphatic heterocycles. The lowest BCUT2D eigenvalue weighted by Crippen LogP contribution is -2.61. The molecule has 5 aliphatic rings. The van der Waals surface area contributed by atoms with Crippen LogP contribution in [0.2, 0.25) is 0 Å². The molecule has 3 saturated carbocycles. The Bertz CT molecular complexity index is 1070. The van der Waals surface area contributed by atoms with Gasteiger partial charge >= 0.3 is 16.4 Å². The van der Waals surface area contributed by atoms with E-state index in [1.165, 1.54) is 18.9 Å². The van der Waals surface area contributed by atoms with E-state index in [0.29, 0.717) is 48.7 Å². The summed E-state index contributed by atoms with van der Waals surface area (Å²) in [5.41, 5.74) is 1.20. The first-order chi connectivity index (χ1) is 17.7. The third-order valence-electron chi connectivity index (χ3n) is 11.2. The van der Waals surface area contributed by atoms with Crippen molar-refractivity contribution in [1.29, 1.82) is 0 Å². The first-order valence-electron chi connectivity index (χ1n) is 14.5. The van der Waals surface area contributed by atoms with Crippen molar-refractivity contribution in [2.24, 2.45) is 46.3 Å². The Morgan fingerprint density at radius 2 is 1.84 bits per heavy atom. The minimum atomic E-state index is -4.80. The summed E-state index contributed by atoms with van der Waals surface area (Å²) in [7, 11) is -4.80. The van der Waals surface area contributed by atoms with Crippen LogP contribution in [-0.2, 0) is 28.9 Å². The number of hydrogen-bond acceptors (Lipinski definition) is 7. The summed E-state index contributed by atoms with van der Waals surface area (Å²) in [5, 5.41) is 11.0. The number of hydrogen-bond donors (Lipinski definition) is 2. The van der Waals surface area contributed by atoms with Crippen LogP contribution in [0.1, 0.15) is 86.5 Å². The minimum Gasteiger partial charge on any atom is -0.460 e. The zero-order chi connectivity index (χ0) is 27.8. The Kier molecular flexibility index (Phi) is 7.37. The van der Waals surface area contributed by atoms with Crippen LogP contribution in [0, 0.1) is 46.3 Å². The van der Waals surface area contributed by atoms with E-state index in [1.807, 2.05) is 0 Å². The number of aliphatic hydroxyl groups excluding tert-OH is 1. The second-order valence-corrected chi connectivity index (χ2v) is 14.9. The molecule has 9 heteroatoms. The molecule has 0 aromatic carbocycles. The van der Waals surface area contributed by atoms with Gasteiger partial charge in [-0.05, 0) is 91.3 Å². The molecule has 0 bridgehead atoms. The predicted molar refractivity (Wildman–Crippen MR) is 141 cm³/mol. The molecule has 3 unspecified atom stereocenters. The summed E-state index contributed by atoms with van der Waals surface area (Å²) in [6.07, 6.45) is 6.08. The molecule has 4 fully saturated rings. The standard InChI is InChI=1S/C29H46O8S/c1-15(2)13-23-26(36-23)16(3)19-9-10-20-18-7-8-22-27(37-38(32,33)34)25(31)24(35-17(4)30)14-29(22,6)21(18)11-12-28(19,20)5/h7,15-16,19-27,31H,8-14H2,1-6H3,(H,32,33,34)/t16-,19+,20?,21?,22?,23-,24+,25-,26-,27-,28+,29+/m0/s1. The average molecular weight is 555 g/mol. The van der Waals surface area contributed by atoms with E-state index in [-0.39, 0.29) is 17.3 Å². The lowest BCUT2D eigenvalue weighted by atomic mass is 9.47. The summed E-state index contributed by atoms with van der Waals surface area (Å²) in [4.78, 5) is 11.9. The quantitative estimate of drug-likeness (QED) is 0.201. The first kappa shape index (κ1) is 28.5. The third kappa shape index (κ3) is 4.89. The molecule has 0 radical (unpaired) electrons. The molecule has 1 heterocycles. The van der Waals surface area contributed by atoms with Crippen molar-refractivity contribution in [3.05, 3.63) is 11.6 Å². The fourth-order valence-electron chi connectivity index (χ4n) is 9.58. The summed E-state index contributed by atoms with van der Waals surface area (Å²) >= 11 is 0. The van der Waals surface area contributed by atoms with E-state index < -0.39 is 40.1 Å². The van der Waals surface area contributed by atoms with Gasteiger partial charge in [-0.3, -0.25) is 9.35 Å². The van der Waals surface area contributed by atoms with E-state index >= 15 is 0 Å². The monoisotopic (exact) mass is 554 g/mol. The maximum atomic E-state index is 11.9. The largest absolute Gasteiger partial charge is 0.460 e. The number of carbonyl (C=O) groups is 1. The van der Waals surface area contributed by atoms with Crippen molar-refractivity contribution in [3.63, 3.8) is 0 Å². The molecule has 2 N–H and O–H groups in total. The molecule has 8 nitrogen and oxygen atoms in total. The smallest absolute Gasteiger partial charge is 0.397 e. The summed E-state index contributed by atoms with van der Waals surface area (Å²) in [6.45, 7) is 12.8. The highest BCUT2D eigenvalue weighted by Gasteiger charge is 2.63. The maximum absolute atomic E-state index is 11.9. The van der Waals surface area contributed by atoms with E-state index in [0.717, 1.165) is 25.7 Å². The molecular weight excluding hydrogens is 508 g/mol. The van der Waals surface area contributed by atoms with E-state index in [1.54, 1.807) is 0 Å². The van der Waals surface area contributed by atoms with E-state index in [9.17, 15) is 22.9 Å². The molecule has 0 spiro atoms. The number of epoxide rings is 1. The minimum absolute atomic E-state index is 0.178. The van der Waals surface area contributed by atoms with Crippen molar-refractivity contribution < 1.29 is 36.5 Å². The number of esters is 1. The average Bonchev–Trinajstić information content (AvgIpc) is 3.45. The summed E-state index contributed by atoms with van der Waals surface area (Å²) in [5.74, 6) is 1.53. The Hall–Kier alpha value is -1.00. The summed E-state index contributed by atoms with van der Waals surface area (Å²) < 4.78 is 49.8. The fraction of sp³-hybridized carbons (Fsp3) is 0.897. The topological polar surface area (TPSA) is 123 Å². The van der Waals surface area contributed by atoms with Gasteiger partial charge in [0.25, 0.3) is 0 Å². The molecule has 0 aromatic heterocycles. The Morgan fingerprint density at radius 1 is 1.16 bits per heavy atom. The van der Waals surface area contributed by atoms with Crippen LogP contribution >= 0.6 is 0 Å².